The largest absolute Gasteiger partial charge is 0.295 e. The number of nitro benzene ring substituents is 1. The predicted molar refractivity (Wildman–Crippen MR) is 81.1 cm³/mol. The van der Waals surface area contributed by atoms with Crippen LogP contribution in [-0.4, -0.2) is 15.2 Å². The molecule has 1 fully saturated rings. The number of rotatable bonds is 3. The average Bonchev–Trinajstić information content (AvgIpc) is 2.48. The van der Waals surface area contributed by atoms with E-state index in [1.165, 1.54) is 32.1 Å². The highest BCUT2D eigenvalue weighted by molar-refractivity contribution is 8.00. The van der Waals surface area contributed by atoms with Crippen LogP contribution in [0.15, 0.2) is 35.4 Å². The van der Waals surface area contributed by atoms with E-state index in [1.807, 2.05) is 30.0 Å². The van der Waals surface area contributed by atoms with E-state index in [4.69, 9.17) is 0 Å². The highest BCUT2D eigenvalue weighted by atomic mass is 32.2. The van der Waals surface area contributed by atoms with Crippen molar-refractivity contribution in [1.29, 1.82) is 0 Å². The van der Waals surface area contributed by atoms with Crippen LogP contribution in [0.2, 0.25) is 0 Å². The van der Waals surface area contributed by atoms with Crippen LogP contribution in [0.3, 0.4) is 0 Å². The normalized spacial score (nSPS) is 16.4. The fourth-order valence-corrected chi connectivity index (χ4v) is 4.11. The third-order valence-electron chi connectivity index (χ3n) is 3.75. The van der Waals surface area contributed by atoms with Crippen molar-refractivity contribution in [2.24, 2.45) is 0 Å². The Morgan fingerprint density at radius 3 is 2.75 bits per heavy atom. The molecule has 0 unspecified atom stereocenters. The van der Waals surface area contributed by atoms with Crippen LogP contribution in [0.4, 0.5) is 5.69 Å². The van der Waals surface area contributed by atoms with E-state index >= 15 is 0 Å². The van der Waals surface area contributed by atoms with E-state index in [0.29, 0.717) is 10.8 Å². The fraction of sp³-hybridized carbons (Fsp3) is 0.400. The van der Waals surface area contributed by atoms with Crippen molar-refractivity contribution in [3.05, 3.63) is 40.6 Å². The minimum atomic E-state index is -0.357. The molecule has 1 heterocycles. The van der Waals surface area contributed by atoms with Gasteiger partial charge in [0.2, 0.25) is 0 Å². The molecule has 3 rings (SSSR count). The quantitative estimate of drug-likeness (QED) is 0.613. The Kier molecular flexibility index (Phi) is 3.87. The van der Waals surface area contributed by atoms with Crippen LogP contribution in [0.1, 0.15) is 32.1 Å². The molecule has 0 aliphatic heterocycles. The first-order valence-electron chi connectivity index (χ1n) is 6.94. The molecule has 0 radical (unpaired) electrons. The van der Waals surface area contributed by atoms with Crippen molar-refractivity contribution >= 4 is 28.4 Å². The van der Waals surface area contributed by atoms with Gasteiger partial charge in [-0.05, 0) is 31.0 Å². The van der Waals surface area contributed by atoms with Crippen molar-refractivity contribution < 1.29 is 4.92 Å². The molecular formula is C15H16N2O2S. The van der Waals surface area contributed by atoms with Gasteiger partial charge in [-0.2, -0.15) is 0 Å². The van der Waals surface area contributed by atoms with Crippen LogP contribution < -0.4 is 0 Å². The molecule has 20 heavy (non-hydrogen) atoms. The van der Waals surface area contributed by atoms with Gasteiger partial charge in [-0.3, -0.25) is 10.1 Å². The molecule has 0 N–H and O–H groups in total. The third kappa shape index (κ3) is 2.63. The molecule has 1 aromatic heterocycles. The van der Waals surface area contributed by atoms with Gasteiger partial charge in [0.1, 0.15) is 5.52 Å². The van der Waals surface area contributed by atoms with Crippen LogP contribution in [0.25, 0.3) is 10.9 Å². The summed E-state index contributed by atoms with van der Waals surface area (Å²) in [5, 5.41) is 12.6. The molecule has 0 saturated heterocycles. The van der Waals surface area contributed by atoms with Gasteiger partial charge in [0.05, 0.1) is 4.92 Å². The number of hydrogen-bond donors (Lipinski definition) is 0. The second kappa shape index (κ2) is 5.79. The predicted octanol–water partition coefficient (Wildman–Crippen LogP) is 4.57. The molecule has 0 bridgehead atoms. The molecule has 0 spiro atoms. The van der Waals surface area contributed by atoms with E-state index in [1.54, 1.807) is 12.3 Å². The molecular weight excluding hydrogens is 272 g/mol. The number of non-ortho nitro benzene ring substituents is 1. The third-order valence-corrected chi connectivity index (χ3v) is 5.17. The van der Waals surface area contributed by atoms with Crippen molar-refractivity contribution in [2.45, 2.75) is 42.2 Å². The summed E-state index contributed by atoms with van der Waals surface area (Å²) < 4.78 is 0. The standard InChI is InChI=1S/C15H16N2O2S/c18-17(19)13-8-9-14(12-7-4-10-16-15(12)13)20-11-5-2-1-3-6-11/h4,7-11H,1-3,5-6H2. The van der Waals surface area contributed by atoms with Gasteiger partial charge in [0.25, 0.3) is 5.69 Å². The van der Waals surface area contributed by atoms with Crippen molar-refractivity contribution in [3.8, 4) is 0 Å². The zero-order valence-corrected chi connectivity index (χ0v) is 11.9. The Morgan fingerprint density at radius 1 is 1.20 bits per heavy atom. The minimum Gasteiger partial charge on any atom is -0.258 e. The molecule has 5 heteroatoms. The number of fused-ring (bicyclic) bond motifs is 1. The Labute approximate surface area is 121 Å². The van der Waals surface area contributed by atoms with Crippen molar-refractivity contribution in [2.75, 3.05) is 0 Å². The molecule has 4 nitrogen and oxygen atoms in total. The number of aromatic nitrogens is 1. The second-order valence-corrected chi connectivity index (χ2v) is 6.46. The summed E-state index contributed by atoms with van der Waals surface area (Å²) in [6.07, 6.45) is 8.01. The Hall–Kier alpha value is -1.62. The van der Waals surface area contributed by atoms with E-state index in [2.05, 4.69) is 4.98 Å². The fourth-order valence-electron chi connectivity index (χ4n) is 2.74. The van der Waals surface area contributed by atoms with E-state index in [0.717, 1.165) is 10.3 Å². The first kappa shape index (κ1) is 13.4. The summed E-state index contributed by atoms with van der Waals surface area (Å²) in [6, 6.07) is 7.24. The van der Waals surface area contributed by atoms with Gasteiger partial charge < -0.3 is 0 Å². The number of nitrogens with zero attached hydrogens (tertiary/aromatic N) is 2. The monoisotopic (exact) mass is 288 g/mol. The molecule has 0 atom stereocenters. The van der Waals surface area contributed by atoms with Gasteiger partial charge in [-0.1, -0.05) is 19.3 Å². The maximum Gasteiger partial charge on any atom is 0.295 e. The van der Waals surface area contributed by atoms with Crippen LogP contribution in [-0.2, 0) is 0 Å². The Bertz CT molecular complexity index is 639. The Morgan fingerprint density at radius 2 is 2.00 bits per heavy atom. The number of nitro groups is 1. The summed E-state index contributed by atoms with van der Waals surface area (Å²) in [5.74, 6) is 0. The lowest BCUT2D eigenvalue weighted by atomic mass is 10.0. The highest BCUT2D eigenvalue weighted by Crippen LogP contribution is 2.38. The first-order chi connectivity index (χ1) is 9.75. The molecule has 0 amide bonds. The van der Waals surface area contributed by atoms with Gasteiger partial charge >= 0.3 is 0 Å². The molecule has 1 saturated carbocycles. The van der Waals surface area contributed by atoms with Gasteiger partial charge in [-0.15, -0.1) is 11.8 Å². The number of pyridine rings is 1. The van der Waals surface area contributed by atoms with Gasteiger partial charge in [-0.25, -0.2) is 4.98 Å². The topological polar surface area (TPSA) is 56.0 Å². The molecule has 1 aliphatic carbocycles. The van der Waals surface area contributed by atoms with Crippen molar-refractivity contribution in [1.82, 2.24) is 4.98 Å². The van der Waals surface area contributed by atoms with Crippen LogP contribution in [0.5, 0.6) is 0 Å². The van der Waals surface area contributed by atoms with Crippen LogP contribution in [0, 0.1) is 10.1 Å². The average molecular weight is 288 g/mol. The number of thioether (sulfide) groups is 1. The van der Waals surface area contributed by atoms with Crippen molar-refractivity contribution in [3.63, 3.8) is 0 Å². The number of benzene rings is 1. The molecule has 1 aliphatic rings. The van der Waals surface area contributed by atoms with Gasteiger partial charge in [0, 0.05) is 27.8 Å². The molecule has 1 aromatic carbocycles. The zero-order valence-electron chi connectivity index (χ0n) is 11.1. The lowest BCUT2D eigenvalue weighted by Gasteiger charge is -2.21. The SMILES string of the molecule is O=[N+]([O-])c1ccc(SC2CCCCC2)c2cccnc12. The lowest BCUT2D eigenvalue weighted by molar-refractivity contribution is -0.383. The summed E-state index contributed by atoms with van der Waals surface area (Å²) in [7, 11) is 0. The summed E-state index contributed by atoms with van der Waals surface area (Å²) >= 11 is 1.85. The van der Waals surface area contributed by atoms with Crippen LogP contribution >= 0.6 is 11.8 Å². The number of hydrogen-bond acceptors (Lipinski definition) is 4. The maximum absolute atomic E-state index is 11.1. The second-order valence-electron chi connectivity index (χ2n) is 5.12. The van der Waals surface area contributed by atoms with Gasteiger partial charge in [0.15, 0.2) is 0 Å². The smallest absolute Gasteiger partial charge is 0.258 e. The highest BCUT2D eigenvalue weighted by Gasteiger charge is 2.19. The summed E-state index contributed by atoms with van der Waals surface area (Å²) in [5.41, 5.74) is 0.590. The Balaban J connectivity index is 1.99. The summed E-state index contributed by atoms with van der Waals surface area (Å²) in [6.45, 7) is 0. The summed E-state index contributed by atoms with van der Waals surface area (Å²) in [4.78, 5) is 16.0. The minimum absolute atomic E-state index is 0.0913. The lowest BCUT2D eigenvalue weighted by Crippen LogP contribution is -2.07. The molecule has 2 aromatic rings. The zero-order chi connectivity index (χ0) is 13.9. The maximum atomic E-state index is 11.1. The first-order valence-corrected chi connectivity index (χ1v) is 7.82. The molecule has 104 valence electrons. The van der Waals surface area contributed by atoms with E-state index < -0.39 is 0 Å². The van der Waals surface area contributed by atoms with E-state index in [9.17, 15) is 10.1 Å². The van der Waals surface area contributed by atoms with E-state index in [-0.39, 0.29) is 10.6 Å².